The minimum Gasteiger partial charge on any atom is -0.379 e. The largest absolute Gasteiger partial charge is 0.379 e. The number of nitrogens with zero attached hydrogens (tertiary/aromatic N) is 3. The number of aromatic nitrogens is 2. The second-order valence-corrected chi connectivity index (χ2v) is 6.35. The average Bonchev–Trinajstić information content (AvgIpc) is 3.39. The van der Waals surface area contributed by atoms with Crippen molar-refractivity contribution in [3.05, 3.63) is 18.1 Å². The van der Waals surface area contributed by atoms with Crippen LogP contribution in [-0.2, 0) is 14.3 Å². The second-order valence-electron chi connectivity index (χ2n) is 6.35. The number of anilines is 1. The summed E-state index contributed by atoms with van der Waals surface area (Å²) in [6.07, 6.45) is 4.72. The van der Waals surface area contributed by atoms with Gasteiger partial charge in [-0.2, -0.15) is 0 Å². The number of rotatable bonds is 6. The van der Waals surface area contributed by atoms with Crippen molar-refractivity contribution in [1.29, 1.82) is 0 Å². The zero-order chi connectivity index (χ0) is 16.2. The quantitative estimate of drug-likeness (QED) is 0.843. The van der Waals surface area contributed by atoms with Crippen molar-refractivity contribution >= 4 is 11.7 Å². The van der Waals surface area contributed by atoms with Crippen LogP contribution in [0.25, 0.3) is 0 Å². The fourth-order valence-corrected chi connectivity index (χ4v) is 2.60. The van der Waals surface area contributed by atoms with Crippen LogP contribution in [0.5, 0.6) is 0 Å². The van der Waals surface area contributed by atoms with Crippen LogP contribution in [0.15, 0.2) is 12.4 Å². The summed E-state index contributed by atoms with van der Waals surface area (Å²) >= 11 is 0. The molecule has 1 aliphatic heterocycles. The number of carbonyl (C=O) groups is 1. The van der Waals surface area contributed by atoms with Gasteiger partial charge in [-0.15, -0.1) is 0 Å². The van der Waals surface area contributed by atoms with E-state index < -0.39 is 0 Å². The van der Waals surface area contributed by atoms with E-state index in [4.69, 9.17) is 9.47 Å². The Hall–Kier alpha value is -1.73. The first-order valence-corrected chi connectivity index (χ1v) is 8.11. The molecule has 0 aromatic carbocycles. The Bertz CT molecular complexity index is 548. The molecule has 0 bridgehead atoms. The van der Waals surface area contributed by atoms with Crippen molar-refractivity contribution in [2.24, 2.45) is 0 Å². The monoisotopic (exact) mass is 320 g/mol. The van der Waals surface area contributed by atoms with E-state index in [9.17, 15) is 4.79 Å². The van der Waals surface area contributed by atoms with Crippen LogP contribution in [0, 0.1) is 0 Å². The zero-order valence-corrected chi connectivity index (χ0v) is 13.7. The van der Waals surface area contributed by atoms with E-state index in [2.05, 4.69) is 15.3 Å². The van der Waals surface area contributed by atoms with Crippen molar-refractivity contribution < 1.29 is 14.3 Å². The van der Waals surface area contributed by atoms with Crippen molar-refractivity contribution in [1.82, 2.24) is 14.9 Å². The molecule has 0 unspecified atom stereocenters. The Morgan fingerprint density at radius 1 is 1.39 bits per heavy atom. The predicted molar refractivity (Wildman–Crippen MR) is 85.3 cm³/mol. The summed E-state index contributed by atoms with van der Waals surface area (Å²) in [5.74, 6) is 1.35. The first kappa shape index (κ1) is 16.1. The minimum atomic E-state index is -0.0630. The van der Waals surface area contributed by atoms with Crippen molar-refractivity contribution in [3.63, 3.8) is 0 Å². The zero-order valence-electron chi connectivity index (χ0n) is 13.7. The number of ether oxygens (including phenoxy) is 2. The molecular formula is C16H24N4O3. The minimum absolute atomic E-state index is 0.0133. The van der Waals surface area contributed by atoms with Crippen molar-refractivity contribution in [2.75, 3.05) is 39.2 Å². The lowest BCUT2D eigenvalue weighted by Crippen LogP contribution is -2.45. The summed E-state index contributed by atoms with van der Waals surface area (Å²) in [4.78, 5) is 21.9. The average molecular weight is 320 g/mol. The van der Waals surface area contributed by atoms with Crippen LogP contribution < -0.4 is 5.32 Å². The fraction of sp³-hybridized carbons (Fsp3) is 0.688. The van der Waals surface area contributed by atoms with Crippen molar-refractivity contribution in [3.8, 4) is 0 Å². The third-order valence-electron chi connectivity index (χ3n) is 4.23. The van der Waals surface area contributed by atoms with Crippen LogP contribution in [0.4, 0.5) is 5.82 Å². The molecule has 23 heavy (non-hydrogen) atoms. The van der Waals surface area contributed by atoms with E-state index >= 15 is 0 Å². The van der Waals surface area contributed by atoms with Crippen LogP contribution in [0.1, 0.15) is 30.9 Å². The smallest absolute Gasteiger partial charge is 0.248 e. The van der Waals surface area contributed by atoms with Crippen LogP contribution in [0.3, 0.4) is 0 Å². The van der Waals surface area contributed by atoms with Gasteiger partial charge < -0.3 is 19.7 Å². The molecule has 1 saturated heterocycles. The maximum absolute atomic E-state index is 11.7. The molecule has 1 aromatic rings. The molecule has 2 heterocycles. The summed E-state index contributed by atoms with van der Waals surface area (Å²) in [5, 5.41) is 3.38. The standard InChI is InChI=1S/C16H24N4O3/c1-20(2)16(21)9-23-14-5-6-22-8-13(14)19-15-7-12(11-3-4-11)17-10-18-15/h7,10-11,13-14H,3-6,8-9H2,1-2H3,(H,17,18,19)/t13-,14+/m1/s1. The highest BCUT2D eigenvalue weighted by Gasteiger charge is 2.29. The lowest BCUT2D eigenvalue weighted by atomic mass is 10.1. The maximum Gasteiger partial charge on any atom is 0.248 e. The first-order chi connectivity index (χ1) is 11.1. The molecule has 1 aromatic heterocycles. The molecule has 126 valence electrons. The van der Waals surface area contributed by atoms with Gasteiger partial charge in [-0.3, -0.25) is 4.79 Å². The van der Waals surface area contributed by atoms with Gasteiger partial charge >= 0.3 is 0 Å². The molecule has 1 N–H and O–H groups in total. The van der Waals surface area contributed by atoms with Gasteiger partial charge in [-0.1, -0.05) is 0 Å². The molecule has 2 aliphatic rings. The van der Waals surface area contributed by atoms with Gasteiger partial charge in [-0.25, -0.2) is 9.97 Å². The summed E-state index contributed by atoms with van der Waals surface area (Å²) in [6, 6.07) is 1.99. The Balaban J connectivity index is 1.59. The molecule has 3 rings (SSSR count). The summed E-state index contributed by atoms with van der Waals surface area (Å²) in [5.41, 5.74) is 1.10. The molecule has 1 amide bonds. The molecule has 0 radical (unpaired) electrons. The molecule has 2 fully saturated rings. The Morgan fingerprint density at radius 3 is 2.96 bits per heavy atom. The Morgan fingerprint density at radius 2 is 2.22 bits per heavy atom. The van der Waals surface area contributed by atoms with Gasteiger partial charge in [0.2, 0.25) is 5.91 Å². The Kier molecular flexibility index (Phi) is 5.07. The van der Waals surface area contributed by atoms with Gasteiger partial charge in [0.05, 0.1) is 18.8 Å². The number of hydrogen-bond acceptors (Lipinski definition) is 6. The van der Waals surface area contributed by atoms with E-state index in [1.807, 2.05) is 6.07 Å². The predicted octanol–water partition coefficient (Wildman–Crippen LogP) is 1.03. The van der Waals surface area contributed by atoms with E-state index in [1.54, 1.807) is 20.4 Å². The van der Waals surface area contributed by atoms with E-state index in [-0.39, 0.29) is 24.7 Å². The highest BCUT2D eigenvalue weighted by molar-refractivity contribution is 5.76. The molecule has 1 saturated carbocycles. The highest BCUT2D eigenvalue weighted by atomic mass is 16.5. The molecule has 7 nitrogen and oxygen atoms in total. The van der Waals surface area contributed by atoms with Gasteiger partial charge in [0.1, 0.15) is 18.8 Å². The molecule has 0 spiro atoms. The Labute approximate surface area is 136 Å². The van der Waals surface area contributed by atoms with Crippen LogP contribution in [-0.4, -0.2) is 66.8 Å². The second kappa shape index (κ2) is 7.23. The number of nitrogens with one attached hydrogen (secondary N) is 1. The lowest BCUT2D eigenvalue weighted by Gasteiger charge is -2.32. The number of carbonyl (C=O) groups excluding carboxylic acids is 1. The van der Waals surface area contributed by atoms with Gasteiger partial charge in [-0.05, 0) is 19.3 Å². The first-order valence-electron chi connectivity index (χ1n) is 8.11. The van der Waals surface area contributed by atoms with Crippen molar-refractivity contribution in [2.45, 2.75) is 37.3 Å². The molecular weight excluding hydrogens is 296 g/mol. The van der Waals surface area contributed by atoms with E-state index in [1.165, 1.54) is 17.7 Å². The third-order valence-corrected chi connectivity index (χ3v) is 4.23. The topological polar surface area (TPSA) is 76.6 Å². The summed E-state index contributed by atoms with van der Waals surface area (Å²) in [7, 11) is 3.46. The van der Waals surface area contributed by atoms with E-state index in [0.29, 0.717) is 19.1 Å². The van der Waals surface area contributed by atoms with Crippen LogP contribution >= 0.6 is 0 Å². The fourth-order valence-electron chi connectivity index (χ4n) is 2.60. The number of amides is 1. The maximum atomic E-state index is 11.7. The molecule has 7 heteroatoms. The molecule has 2 atom stereocenters. The number of hydrogen-bond donors (Lipinski definition) is 1. The lowest BCUT2D eigenvalue weighted by molar-refractivity contribution is -0.138. The molecule has 1 aliphatic carbocycles. The van der Waals surface area contributed by atoms with Gasteiger partial charge in [0, 0.05) is 38.4 Å². The van der Waals surface area contributed by atoms with Gasteiger partial charge in [0.25, 0.3) is 0 Å². The normalized spacial score (nSPS) is 24.3. The van der Waals surface area contributed by atoms with Gasteiger partial charge in [0.15, 0.2) is 0 Å². The third kappa shape index (κ3) is 4.39. The highest BCUT2D eigenvalue weighted by Crippen LogP contribution is 2.39. The summed E-state index contributed by atoms with van der Waals surface area (Å²) < 4.78 is 11.4. The van der Waals surface area contributed by atoms with Crippen LogP contribution in [0.2, 0.25) is 0 Å². The van der Waals surface area contributed by atoms with E-state index in [0.717, 1.165) is 17.9 Å². The SMILES string of the molecule is CN(C)C(=O)CO[C@H]1CCOC[C@H]1Nc1cc(C2CC2)ncn1. The summed E-state index contributed by atoms with van der Waals surface area (Å²) in [6.45, 7) is 1.28. The number of likely N-dealkylation sites (N-methyl/N-ethyl adjacent to an activating group) is 1.